The van der Waals surface area contributed by atoms with Crippen LogP contribution in [0.25, 0.3) is 22.0 Å². The first-order valence-electron chi connectivity index (χ1n) is 11.4. The molecule has 35 heavy (non-hydrogen) atoms. The molecule has 0 amide bonds. The van der Waals surface area contributed by atoms with Gasteiger partial charge in [0.1, 0.15) is 5.75 Å². The van der Waals surface area contributed by atoms with Crippen LogP contribution in [-0.4, -0.2) is 60.7 Å². The molecule has 2 heterocycles. The maximum atomic E-state index is 13.2. The molecule has 1 aliphatic heterocycles. The van der Waals surface area contributed by atoms with E-state index in [4.69, 9.17) is 9.84 Å². The molecule has 180 valence electrons. The Morgan fingerprint density at radius 1 is 0.829 bits per heavy atom. The maximum absolute atomic E-state index is 13.2. The summed E-state index contributed by atoms with van der Waals surface area (Å²) in [5.41, 5.74) is 1.53. The van der Waals surface area contributed by atoms with Crippen LogP contribution in [0.5, 0.6) is 5.75 Å². The van der Waals surface area contributed by atoms with Crippen molar-refractivity contribution in [3.05, 3.63) is 89.2 Å². The van der Waals surface area contributed by atoms with Gasteiger partial charge in [0, 0.05) is 37.1 Å². The molecule has 0 aliphatic carbocycles. The van der Waals surface area contributed by atoms with E-state index in [0.717, 1.165) is 16.6 Å². The SMILES string of the molecule is COc1ccc(S(=O)(=O)N2CCN(Cn3nc(-c4ccccc4)c4ccccc4c3=O)CC2)cc1. The summed E-state index contributed by atoms with van der Waals surface area (Å²) in [5, 5.41) is 6.14. The van der Waals surface area contributed by atoms with Crippen LogP contribution < -0.4 is 10.3 Å². The van der Waals surface area contributed by atoms with E-state index in [9.17, 15) is 13.2 Å². The Bertz CT molecular complexity index is 1490. The molecule has 0 atom stereocenters. The van der Waals surface area contributed by atoms with Gasteiger partial charge in [-0.1, -0.05) is 48.5 Å². The first kappa shape index (κ1) is 23.2. The molecule has 3 aromatic carbocycles. The molecule has 0 unspecified atom stereocenters. The number of sulfonamides is 1. The third-order valence-electron chi connectivity index (χ3n) is 6.28. The third-order valence-corrected chi connectivity index (χ3v) is 8.19. The van der Waals surface area contributed by atoms with Gasteiger partial charge in [-0.05, 0) is 30.3 Å². The number of methoxy groups -OCH3 is 1. The van der Waals surface area contributed by atoms with Gasteiger partial charge < -0.3 is 4.74 Å². The van der Waals surface area contributed by atoms with Crippen LogP contribution in [0.15, 0.2) is 88.6 Å². The van der Waals surface area contributed by atoms with Gasteiger partial charge in [-0.3, -0.25) is 9.69 Å². The van der Waals surface area contributed by atoms with Crippen molar-refractivity contribution in [2.75, 3.05) is 33.3 Å². The van der Waals surface area contributed by atoms with Crippen molar-refractivity contribution < 1.29 is 13.2 Å². The number of rotatable bonds is 6. The molecule has 1 fully saturated rings. The van der Waals surface area contributed by atoms with E-state index in [1.807, 2.05) is 54.6 Å². The summed E-state index contributed by atoms with van der Waals surface area (Å²) in [7, 11) is -2.05. The van der Waals surface area contributed by atoms with Crippen molar-refractivity contribution >= 4 is 20.8 Å². The number of ether oxygens (including phenoxy) is 1. The Hall–Kier alpha value is -3.53. The molecule has 1 saturated heterocycles. The second-order valence-corrected chi connectivity index (χ2v) is 10.3. The molecule has 0 bridgehead atoms. The number of hydrogen-bond acceptors (Lipinski definition) is 6. The van der Waals surface area contributed by atoms with Crippen LogP contribution in [0.3, 0.4) is 0 Å². The molecule has 1 aromatic heterocycles. The van der Waals surface area contributed by atoms with Gasteiger partial charge in [-0.2, -0.15) is 9.40 Å². The molecule has 8 nitrogen and oxygen atoms in total. The van der Waals surface area contributed by atoms with Gasteiger partial charge in [-0.15, -0.1) is 0 Å². The van der Waals surface area contributed by atoms with E-state index >= 15 is 0 Å². The number of aromatic nitrogens is 2. The Balaban J connectivity index is 1.36. The normalized spacial score (nSPS) is 15.3. The summed E-state index contributed by atoms with van der Waals surface area (Å²) < 4.78 is 34.2. The Morgan fingerprint density at radius 3 is 2.11 bits per heavy atom. The van der Waals surface area contributed by atoms with E-state index in [-0.39, 0.29) is 10.5 Å². The highest BCUT2D eigenvalue weighted by Gasteiger charge is 2.29. The fourth-order valence-electron chi connectivity index (χ4n) is 4.34. The van der Waals surface area contributed by atoms with Crippen molar-refractivity contribution in [3.8, 4) is 17.0 Å². The van der Waals surface area contributed by atoms with Gasteiger partial charge in [-0.25, -0.2) is 13.1 Å². The van der Waals surface area contributed by atoms with Crippen LogP contribution >= 0.6 is 0 Å². The summed E-state index contributed by atoms with van der Waals surface area (Å²) in [5.74, 6) is 0.608. The topological polar surface area (TPSA) is 84.7 Å². The molecule has 0 N–H and O–H groups in total. The zero-order chi connectivity index (χ0) is 24.4. The minimum absolute atomic E-state index is 0.159. The predicted octanol–water partition coefficient (Wildman–Crippen LogP) is 3.04. The minimum Gasteiger partial charge on any atom is -0.497 e. The lowest BCUT2D eigenvalue weighted by molar-refractivity contribution is 0.143. The van der Waals surface area contributed by atoms with Crippen LogP contribution in [0.4, 0.5) is 0 Å². The summed E-state index contributed by atoms with van der Waals surface area (Å²) in [6.07, 6.45) is 0. The van der Waals surface area contributed by atoms with Gasteiger partial charge in [0.15, 0.2) is 0 Å². The lowest BCUT2D eigenvalue weighted by Gasteiger charge is -2.34. The van der Waals surface area contributed by atoms with E-state index in [1.54, 1.807) is 31.4 Å². The first-order chi connectivity index (χ1) is 17.0. The highest BCUT2D eigenvalue weighted by Crippen LogP contribution is 2.25. The number of nitrogens with zero attached hydrogens (tertiary/aromatic N) is 4. The van der Waals surface area contributed by atoms with Gasteiger partial charge in [0.2, 0.25) is 10.0 Å². The van der Waals surface area contributed by atoms with E-state index < -0.39 is 10.0 Å². The van der Waals surface area contributed by atoms with E-state index in [2.05, 4.69) is 4.90 Å². The lowest BCUT2D eigenvalue weighted by atomic mass is 10.1. The van der Waals surface area contributed by atoms with Crippen molar-refractivity contribution in [1.29, 1.82) is 0 Å². The average molecular weight is 491 g/mol. The molecule has 9 heteroatoms. The van der Waals surface area contributed by atoms with Gasteiger partial charge >= 0.3 is 0 Å². The van der Waals surface area contributed by atoms with E-state index in [1.165, 1.54) is 8.99 Å². The van der Waals surface area contributed by atoms with Crippen LogP contribution in [0.1, 0.15) is 0 Å². The summed E-state index contributed by atoms with van der Waals surface area (Å²) in [6.45, 7) is 1.96. The van der Waals surface area contributed by atoms with Crippen molar-refractivity contribution in [1.82, 2.24) is 19.0 Å². The standard InChI is InChI=1S/C26H26N4O4S/c1-34-21-11-13-22(14-12-21)35(32,33)29-17-15-28(16-18-29)19-30-26(31)24-10-6-5-9-23(24)25(27-30)20-7-3-2-4-8-20/h2-14H,15-19H2,1H3. The van der Waals surface area contributed by atoms with Crippen LogP contribution in [0.2, 0.25) is 0 Å². The summed E-state index contributed by atoms with van der Waals surface area (Å²) >= 11 is 0. The zero-order valence-electron chi connectivity index (χ0n) is 19.4. The monoisotopic (exact) mass is 490 g/mol. The molecular formula is C26H26N4O4S. The van der Waals surface area contributed by atoms with Gasteiger partial charge in [0.25, 0.3) is 5.56 Å². The molecular weight excluding hydrogens is 464 g/mol. The Morgan fingerprint density at radius 2 is 1.46 bits per heavy atom. The number of benzene rings is 3. The number of piperazine rings is 1. The molecule has 0 radical (unpaired) electrons. The fraction of sp³-hybridized carbons (Fsp3) is 0.231. The quantitative estimate of drug-likeness (QED) is 0.413. The smallest absolute Gasteiger partial charge is 0.275 e. The third kappa shape index (κ3) is 4.58. The summed E-state index contributed by atoms with van der Waals surface area (Å²) in [4.78, 5) is 15.5. The Kier molecular flexibility index (Phi) is 6.38. The maximum Gasteiger partial charge on any atom is 0.275 e. The molecule has 0 saturated carbocycles. The second kappa shape index (κ2) is 9.61. The molecule has 0 spiro atoms. The van der Waals surface area contributed by atoms with Gasteiger partial charge in [0.05, 0.1) is 29.8 Å². The molecule has 5 rings (SSSR count). The van der Waals surface area contributed by atoms with Crippen LogP contribution in [0, 0.1) is 0 Å². The summed E-state index contributed by atoms with van der Waals surface area (Å²) in [6, 6.07) is 23.7. The highest BCUT2D eigenvalue weighted by atomic mass is 32.2. The lowest BCUT2D eigenvalue weighted by Crippen LogP contribution is -2.49. The predicted molar refractivity (Wildman–Crippen MR) is 135 cm³/mol. The van der Waals surface area contributed by atoms with Crippen molar-refractivity contribution in [2.45, 2.75) is 11.6 Å². The molecule has 1 aliphatic rings. The largest absolute Gasteiger partial charge is 0.497 e. The zero-order valence-corrected chi connectivity index (χ0v) is 20.2. The number of hydrogen-bond donors (Lipinski definition) is 0. The van der Waals surface area contributed by atoms with Crippen molar-refractivity contribution in [2.24, 2.45) is 0 Å². The average Bonchev–Trinajstić information content (AvgIpc) is 2.91. The Labute approximate surface area is 204 Å². The highest BCUT2D eigenvalue weighted by molar-refractivity contribution is 7.89. The minimum atomic E-state index is -3.60. The second-order valence-electron chi connectivity index (χ2n) is 8.40. The van der Waals surface area contributed by atoms with E-state index in [0.29, 0.717) is 44.0 Å². The van der Waals surface area contributed by atoms with Crippen molar-refractivity contribution in [3.63, 3.8) is 0 Å². The van der Waals surface area contributed by atoms with Crippen LogP contribution in [-0.2, 0) is 16.7 Å². The number of fused-ring (bicyclic) bond motifs is 1. The fourth-order valence-corrected chi connectivity index (χ4v) is 5.76. The first-order valence-corrected chi connectivity index (χ1v) is 12.8. The molecule has 4 aromatic rings.